The van der Waals surface area contributed by atoms with Crippen LogP contribution in [0.5, 0.6) is 0 Å². The summed E-state index contributed by atoms with van der Waals surface area (Å²) in [6.45, 7) is 8.51. The molecule has 1 aliphatic heterocycles. The van der Waals surface area contributed by atoms with Crippen LogP contribution in [0.3, 0.4) is 0 Å². The molecule has 0 aromatic carbocycles. The van der Waals surface area contributed by atoms with Gasteiger partial charge in [0.25, 0.3) is 0 Å². The molecule has 0 N–H and O–H groups in total. The van der Waals surface area contributed by atoms with E-state index in [1.807, 2.05) is 6.92 Å². The third-order valence-electron chi connectivity index (χ3n) is 3.59. The lowest BCUT2D eigenvalue weighted by Crippen LogP contribution is -2.43. The Kier molecular flexibility index (Phi) is 4.59. The number of ketones is 1. The van der Waals surface area contributed by atoms with Gasteiger partial charge in [-0.15, -0.1) is 0 Å². The molecule has 1 unspecified atom stereocenters. The predicted molar refractivity (Wildman–Crippen MR) is 59.3 cm³/mol. The van der Waals surface area contributed by atoms with Crippen molar-refractivity contribution in [2.45, 2.75) is 52.5 Å². The molecule has 82 valence electrons. The standard InChI is InChI=1S/C12H23NO/c1-4-11-6-8-13(9-7-11)10(3)12(14)5-2/h10-11H,4-9H2,1-3H3. The van der Waals surface area contributed by atoms with Crippen LogP contribution in [-0.2, 0) is 4.79 Å². The molecule has 14 heavy (non-hydrogen) atoms. The zero-order valence-corrected chi connectivity index (χ0v) is 9.75. The van der Waals surface area contributed by atoms with Gasteiger partial charge in [0.1, 0.15) is 5.78 Å². The summed E-state index contributed by atoms with van der Waals surface area (Å²) in [5.74, 6) is 1.29. The first-order valence-electron chi connectivity index (χ1n) is 5.95. The number of hydrogen-bond acceptors (Lipinski definition) is 2. The normalized spacial score (nSPS) is 22.2. The Morgan fingerprint density at radius 2 is 1.93 bits per heavy atom. The van der Waals surface area contributed by atoms with E-state index in [0.29, 0.717) is 12.2 Å². The number of nitrogens with zero attached hydrogens (tertiary/aromatic N) is 1. The van der Waals surface area contributed by atoms with Crippen LogP contribution in [0.15, 0.2) is 0 Å². The van der Waals surface area contributed by atoms with Crippen molar-refractivity contribution in [3.05, 3.63) is 0 Å². The predicted octanol–water partition coefficient (Wildman–Crippen LogP) is 2.48. The van der Waals surface area contributed by atoms with Gasteiger partial charge in [-0.25, -0.2) is 0 Å². The van der Waals surface area contributed by atoms with E-state index in [2.05, 4.69) is 18.7 Å². The van der Waals surface area contributed by atoms with Crippen molar-refractivity contribution in [3.8, 4) is 0 Å². The first kappa shape index (κ1) is 11.7. The maximum Gasteiger partial charge on any atom is 0.149 e. The quantitative estimate of drug-likeness (QED) is 0.690. The second kappa shape index (κ2) is 5.50. The average Bonchev–Trinajstić information content (AvgIpc) is 2.27. The lowest BCUT2D eigenvalue weighted by Gasteiger charge is -2.34. The summed E-state index contributed by atoms with van der Waals surface area (Å²) < 4.78 is 0. The van der Waals surface area contributed by atoms with Gasteiger partial charge in [-0.2, -0.15) is 0 Å². The zero-order valence-electron chi connectivity index (χ0n) is 9.75. The summed E-state index contributed by atoms with van der Waals surface area (Å²) in [5, 5.41) is 0. The van der Waals surface area contributed by atoms with Crippen molar-refractivity contribution >= 4 is 5.78 Å². The van der Waals surface area contributed by atoms with E-state index in [4.69, 9.17) is 0 Å². The number of carbonyl (C=O) groups is 1. The highest BCUT2D eigenvalue weighted by Crippen LogP contribution is 2.21. The molecule has 1 rings (SSSR count). The third-order valence-corrected chi connectivity index (χ3v) is 3.59. The lowest BCUT2D eigenvalue weighted by atomic mass is 9.93. The minimum absolute atomic E-state index is 0.151. The molecule has 0 aliphatic carbocycles. The van der Waals surface area contributed by atoms with Gasteiger partial charge in [0, 0.05) is 6.42 Å². The first-order chi connectivity index (χ1) is 6.69. The van der Waals surface area contributed by atoms with Gasteiger partial charge in [0.15, 0.2) is 0 Å². The van der Waals surface area contributed by atoms with Crippen molar-refractivity contribution in [2.75, 3.05) is 13.1 Å². The van der Waals surface area contributed by atoms with Crippen molar-refractivity contribution in [1.82, 2.24) is 4.90 Å². The number of likely N-dealkylation sites (tertiary alicyclic amines) is 1. The number of carbonyl (C=O) groups excluding carboxylic acids is 1. The minimum atomic E-state index is 0.151. The molecule has 2 heteroatoms. The summed E-state index contributed by atoms with van der Waals surface area (Å²) >= 11 is 0. The molecule has 1 aliphatic rings. The molecule has 1 atom stereocenters. The van der Waals surface area contributed by atoms with Gasteiger partial charge in [-0.3, -0.25) is 9.69 Å². The Bertz CT molecular complexity index is 183. The second-order valence-electron chi connectivity index (χ2n) is 4.38. The Morgan fingerprint density at radius 1 is 1.36 bits per heavy atom. The van der Waals surface area contributed by atoms with E-state index >= 15 is 0 Å². The number of Topliss-reactive ketones (excluding diaryl/α,β-unsaturated/α-hetero) is 1. The van der Waals surface area contributed by atoms with Gasteiger partial charge in [0.2, 0.25) is 0 Å². The van der Waals surface area contributed by atoms with Crippen molar-refractivity contribution < 1.29 is 4.79 Å². The van der Waals surface area contributed by atoms with Gasteiger partial charge in [0.05, 0.1) is 6.04 Å². The highest BCUT2D eigenvalue weighted by Gasteiger charge is 2.24. The van der Waals surface area contributed by atoms with Crippen LogP contribution >= 0.6 is 0 Å². The molecular formula is C12H23NO. The van der Waals surface area contributed by atoms with E-state index in [9.17, 15) is 4.79 Å². The fraction of sp³-hybridized carbons (Fsp3) is 0.917. The summed E-state index contributed by atoms with van der Waals surface area (Å²) in [7, 11) is 0. The second-order valence-corrected chi connectivity index (χ2v) is 4.38. The fourth-order valence-electron chi connectivity index (χ4n) is 2.25. The Hall–Kier alpha value is -0.370. The highest BCUT2D eigenvalue weighted by molar-refractivity contribution is 5.83. The van der Waals surface area contributed by atoms with Gasteiger partial charge < -0.3 is 0 Å². The molecular weight excluding hydrogens is 174 g/mol. The van der Waals surface area contributed by atoms with Crippen molar-refractivity contribution in [1.29, 1.82) is 0 Å². The van der Waals surface area contributed by atoms with Crippen LogP contribution in [0, 0.1) is 5.92 Å². The van der Waals surface area contributed by atoms with Crippen LogP contribution < -0.4 is 0 Å². The van der Waals surface area contributed by atoms with E-state index in [-0.39, 0.29) is 6.04 Å². The van der Waals surface area contributed by atoms with Gasteiger partial charge in [-0.1, -0.05) is 20.3 Å². The first-order valence-corrected chi connectivity index (χ1v) is 5.95. The van der Waals surface area contributed by atoms with Crippen LogP contribution in [0.25, 0.3) is 0 Å². The van der Waals surface area contributed by atoms with E-state index in [1.54, 1.807) is 0 Å². The van der Waals surface area contributed by atoms with Crippen molar-refractivity contribution in [2.24, 2.45) is 5.92 Å². The average molecular weight is 197 g/mol. The topological polar surface area (TPSA) is 20.3 Å². The largest absolute Gasteiger partial charge is 0.298 e. The van der Waals surface area contributed by atoms with Crippen molar-refractivity contribution in [3.63, 3.8) is 0 Å². The smallest absolute Gasteiger partial charge is 0.149 e. The molecule has 1 fully saturated rings. The third kappa shape index (κ3) is 2.81. The summed E-state index contributed by atoms with van der Waals surface area (Å²) in [6.07, 6.45) is 4.52. The molecule has 1 heterocycles. The fourth-order valence-corrected chi connectivity index (χ4v) is 2.25. The summed E-state index contributed by atoms with van der Waals surface area (Å²) in [4.78, 5) is 13.9. The monoisotopic (exact) mass is 197 g/mol. The SMILES string of the molecule is CCC(=O)C(C)N1CCC(CC)CC1. The van der Waals surface area contributed by atoms with Crippen LogP contribution in [0.2, 0.25) is 0 Å². The number of rotatable bonds is 4. The lowest BCUT2D eigenvalue weighted by molar-refractivity contribution is -0.124. The molecule has 0 radical (unpaired) electrons. The molecule has 0 aromatic heterocycles. The van der Waals surface area contributed by atoms with Gasteiger partial charge >= 0.3 is 0 Å². The molecule has 0 amide bonds. The summed E-state index contributed by atoms with van der Waals surface area (Å²) in [6, 6.07) is 0.151. The van der Waals surface area contributed by atoms with Gasteiger partial charge in [-0.05, 0) is 38.8 Å². The summed E-state index contributed by atoms with van der Waals surface area (Å²) in [5.41, 5.74) is 0. The molecule has 1 saturated heterocycles. The van der Waals surface area contributed by atoms with Crippen LogP contribution in [-0.4, -0.2) is 29.8 Å². The van der Waals surface area contributed by atoms with E-state index < -0.39 is 0 Å². The Balaban J connectivity index is 2.37. The van der Waals surface area contributed by atoms with E-state index in [1.165, 1.54) is 19.3 Å². The molecule has 0 bridgehead atoms. The Morgan fingerprint density at radius 3 is 2.36 bits per heavy atom. The van der Waals surface area contributed by atoms with Crippen LogP contribution in [0.4, 0.5) is 0 Å². The van der Waals surface area contributed by atoms with E-state index in [0.717, 1.165) is 19.0 Å². The number of piperidine rings is 1. The maximum atomic E-state index is 11.5. The zero-order chi connectivity index (χ0) is 10.6. The molecule has 0 spiro atoms. The number of hydrogen-bond donors (Lipinski definition) is 0. The minimum Gasteiger partial charge on any atom is -0.298 e. The highest BCUT2D eigenvalue weighted by atomic mass is 16.1. The maximum absolute atomic E-state index is 11.5. The molecule has 0 saturated carbocycles. The molecule has 0 aromatic rings. The molecule has 2 nitrogen and oxygen atoms in total. The van der Waals surface area contributed by atoms with Crippen LogP contribution in [0.1, 0.15) is 46.5 Å². The Labute approximate surface area is 87.7 Å².